The van der Waals surface area contributed by atoms with Crippen molar-refractivity contribution in [1.29, 1.82) is 0 Å². The largest absolute Gasteiger partial charge is 0.481 e. The molecule has 0 amide bonds. The van der Waals surface area contributed by atoms with E-state index >= 15 is 0 Å². The third-order valence-electron chi connectivity index (χ3n) is 2.84. The molecule has 1 aromatic carbocycles. The minimum atomic E-state index is 0.227. The molecule has 15 heavy (non-hydrogen) atoms. The summed E-state index contributed by atoms with van der Waals surface area (Å²) in [5.74, 6) is 3.29. The van der Waals surface area contributed by atoms with Gasteiger partial charge in [-0.25, -0.2) is 0 Å². The molecule has 0 radical (unpaired) electrons. The van der Waals surface area contributed by atoms with Gasteiger partial charge in [0.1, 0.15) is 12.4 Å². The van der Waals surface area contributed by atoms with Crippen LogP contribution in [0, 0.1) is 12.3 Å². The molecule has 0 saturated heterocycles. The normalized spacial score (nSPS) is 10.8. The molecular formula is C14H18O. The van der Waals surface area contributed by atoms with Crippen LogP contribution in [0.4, 0.5) is 0 Å². The Bertz CT molecular complexity index is 341. The van der Waals surface area contributed by atoms with Crippen molar-refractivity contribution in [1.82, 2.24) is 0 Å². The topological polar surface area (TPSA) is 9.23 Å². The average Bonchev–Trinajstić information content (AvgIpc) is 2.27. The van der Waals surface area contributed by atoms with Crippen molar-refractivity contribution in [2.75, 3.05) is 6.61 Å². The van der Waals surface area contributed by atoms with Crippen LogP contribution in [0.3, 0.4) is 0 Å². The van der Waals surface area contributed by atoms with E-state index in [4.69, 9.17) is 11.2 Å². The third-order valence-corrected chi connectivity index (χ3v) is 2.84. The maximum absolute atomic E-state index is 5.32. The lowest BCUT2D eigenvalue weighted by molar-refractivity contribution is 0.370. The van der Waals surface area contributed by atoms with Gasteiger partial charge in [-0.3, -0.25) is 0 Å². The molecule has 1 aromatic rings. The van der Waals surface area contributed by atoms with E-state index in [1.54, 1.807) is 0 Å². The van der Waals surface area contributed by atoms with Gasteiger partial charge in [0.2, 0.25) is 0 Å². The Morgan fingerprint density at radius 2 is 1.87 bits per heavy atom. The highest BCUT2D eigenvalue weighted by molar-refractivity contribution is 5.31. The van der Waals surface area contributed by atoms with Crippen LogP contribution in [-0.4, -0.2) is 6.61 Å². The van der Waals surface area contributed by atoms with Crippen LogP contribution in [0.1, 0.15) is 32.8 Å². The van der Waals surface area contributed by atoms with Crippen molar-refractivity contribution in [3.8, 4) is 18.1 Å². The zero-order chi connectivity index (χ0) is 11.3. The van der Waals surface area contributed by atoms with Gasteiger partial charge in [-0.15, -0.1) is 6.42 Å². The van der Waals surface area contributed by atoms with E-state index in [-0.39, 0.29) is 5.41 Å². The van der Waals surface area contributed by atoms with Crippen LogP contribution in [0.25, 0.3) is 0 Å². The molecule has 1 rings (SSSR count). The summed E-state index contributed by atoms with van der Waals surface area (Å²) >= 11 is 0. The minimum absolute atomic E-state index is 0.227. The van der Waals surface area contributed by atoms with E-state index in [1.807, 2.05) is 12.1 Å². The number of rotatable bonds is 4. The summed E-state index contributed by atoms with van der Waals surface area (Å²) in [5.41, 5.74) is 1.56. The van der Waals surface area contributed by atoms with E-state index in [0.717, 1.165) is 12.2 Å². The monoisotopic (exact) mass is 202 g/mol. The first-order chi connectivity index (χ1) is 7.10. The average molecular weight is 202 g/mol. The molecule has 0 aliphatic carbocycles. The second kappa shape index (κ2) is 4.89. The maximum atomic E-state index is 5.32. The molecule has 0 bridgehead atoms. The molecule has 1 heteroatoms. The molecule has 0 aromatic heterocycles. The number of benzene rings is 1. The summed E-state index contributed by atoms with van der Waals surface area (Å²) in [5, 5.41) is 0. The Morgan fingerprint density at radius 1 is 1.27 bits per heavy atom. The van der Waals surface area contributed by atoms with Gasteiger partial charge in [0, 0.05) is 0 Å². The lowest BCUT2D eigenvalue weighted by Gasteiger charge is -2.23. The highest BCUT2D eigenvalue weighted by Crippen LogP contribution is 2.27. The second-order valence-electron chi connectivity index (χ2n) is 4.25. The van der Waals surface area contributed by atoms with Gasteiger partial charge >= 0.3 is 0 Å². The molecule has 0 atom stereocenters. The summed E-state index contributed by atoms with van der Waals surface area (Å²) in [6.45, 7) is 7.01. The smallest absolute Gasteiger partial charge is 0.148 e. The second-order valence-corrected chi connectivity index (χ2v) is 4.25. The van der Waals surface area contributed by atoms with Crippen molar-refractivity contribution < 1.29 is 4.74 Å². The van der Waals surface area contributed by atoms with E-state index < -0.39 is 0 Å². The fourth-order valence-corrected chi connectivity index (χ4v) is 1.33. The highest BCUT2D eigenvalue weighted by Gasteiger charge is 2.17. The molecular weight excluding hydrogens is 184 g/mol. The van der Waals surface area contributed by atoms with Gasteiger partial charge in [0.15, 0.2) is 0 Å². The fourth-order valence-electron chi connectivity index (χ4n) is 1.33. The van der Waals surface area contributed by atoms with E-state index in [9.17, 15) is 0 Å². The number of hydrogen-bond acceptors (Lipinski definition) is 1. The number of ether oxygens (including phenoxy) is 1. The highest BCUT2D eigenvalue weighted by atomic mass is 16.5. The van der Waals surface area contributed by atoms with Gasteiger partial charge < -0.3 is 4.74 Å². The van der Waals surface area contributed by atoms with Gasteiger partial charge in [-0.05, 0) is 29.5 Å². The first-order valence-corrected chi connectivity index (χ1v) is 5.27. The lowest BCUT2D eigenvalue weighted by atomic mass is 9.82. The maximum Gasteiger partial charge on any atom is 0.148 e. The SMILES string of the molecule is C#CCOc1ccc(C(C)(C)CC)cc1. The molecule has 0 aliphatic heterocycles. The summed E-state index contributed by atoms with van der Waals surface area (Å²) in [6, 6.07) is 8.17. The van der Waals surface area contributed by atoms with Crippen molar-refractivity contribution in [2.45, 2.75) is 32.6 Å². The van der Waals surface area contributed by atoms with Crippen molar-refractivity contribution in [3.05, 3.63) is 29.8 Å². The zero-order valence-electron chi connectivity index (χ0n) is 9.71. The van der Waals surface area contributed by atoms with Gasteiger partial charge in [0.25, 0.3) is 0 Å². The standard InChI is InChI=1S/C14H18O/c1-5-11-15-13-9-7-12(8-10-13)14(3,4)6-2/h1,7-10H,6,11H2,2-4H3. The van der Waals surface area contributed by atoms with Gasteiger partial charge in [0.05, 0.1) is 0 Å². The van der Waals surface area contributed by atoms with E-state index in [2.05, 4.69) is 38.8 Å². The van der Waals surface area contributed by atoms with Crippen molar-refractivity contribution in [2.24, 2.45) is 0 Å². The van der Waals surface area contributed by atoms with Crippen LogP contribution < -0.4 is 4.74 Å². The predicted molar refractivity (Wildman–Crippen MR) is 64.1 cm³/mol. The first-order valence-electron chi connectivity index (χ1n) is 5.27. The molecule has 0 heterocycles. The van der Waals surface area contributed by atoms with Gasteiger partial charge in [-0.1, -0.05) is 38.8 Å². The Hall–Kier alpha value is -1.42. The predicted octanol–water partition coefficient (Wildman–Crippen LogP) is 3.39. The van der Waals surface area contributed by atoms with Crippen LogP contribution in [0.5, 0.6) is 5.75 Å². The number of hydrogen-bond donors (Lipinski definition) is 0. The molecule has 0 N–H and O–H groups in total. The third kappa shape index (κ3) is 3.02. The van der Waals surface area contributed by atoms with E-state index in [1.165, 1.54) is 5.56 Å². The summed E-state index contributed by atoms with van der Waals surface area (Å²) in [7, 11) is 0. The van der Waals surface area contributed by atoms with Crippen molar-refractivity contribution >= 4 is 0 Å². The molecule has 1 nitrogen and oxygen atoms in total. The van der Waals surface area contributed by atoms with Crippen LogP contribution in [-0.2, 0) is 5.41 Å². The molecule has 0 aliphatic rings. The molecule has 80 valence electrons. The Balaban J connectivity index is 2.77. The van der Waals surface area contributed by atoms with Crippen LogP contribution >= 0.6 is 0 Å². The molecule has 0 fully saturated rings. The molecule has 0 spiro atoms. The fraction of sp³-hybridized carbons (Fsp3) is 0.429. The number of terminal acetylenes is 1. The Morgan fingerprint density at radius 3 is 2.33 bits per heavy atom. The van der Waals surface area contributed by atoms with Crippen LogP contribution in [0.15, 0.2) is 24.3 Å². The summed E-state index contributed by atoms with van der Waals surface area (Å²) in [6.07, 6.45) is 6.24. The Kier molecular flexibility index (Phi) is 3.80. The van der Waals surface area contributed by atoms with Crippen LogP contribution in [0.2, 0.25) is 0 Å². The molecule has 0 unspecified atom stereocenters. The molecule has 0 saturated carbocycles. The summed E-state index contributed by atoms with van der Waals surface area (Å²) in [4.78, 5) is 0. The minimum Gasteiger partial charge on any atom is -0.481 e. The lowest BCUT2D eigenvalue weighted by Crippen LogP contribution is -2.15. The van der Waals surface area contributed by atoms with Crippen molar-refractivity contribution in [3.63, 3.8) is 0 Å². The Labute approximate surface area is 92.5 Å². The van der Waals surface area contributed by atoms with E-state index in [0.29, 0.717) is 6.61 Å². The quantitative estimate of drug-likeness (QED) is 0.680. The summed E-state index contributed by atoms with van der Waals surface area (Å²) < 4.78 is 5.32. The van der Waals surface area contributed by atoms with Gasteiger partial charge in [-0.2, -0.15) is 0 Å². The first kappa shape index (κ1) is 11.7. The zero-order valence-corrected chi connectivity index (χ0v) is 9.71.